The van der Waals surface area contributed by atoms with Gasteiger partial charge in [0.05, 0.1) is 30.4 Å². The molecule has 1 fully saturated rings. The van der Waals surface area contributed by atoms with E-state index >= 15 is 0 Å². The second-order valence-corrected chi connectivity index (χ2v) is 10.8. The van der Waals surface area contributed by atoms with Crippen LogP contribution < -0.4 is 15.0 Å². The number of amides is 2. The van der Waals surface area contributed by atoms with Gasteiger partial charge in [0.1, 0.15) is 23.3 Å². The van der Waals surface area contributed by atoms with Crippen LogP contribution in [0, 0.1) is 11.6 Å². The number of morpholine rings is 1. The normalized spacial score (nSPS) is 14.5. The van der Waals surface area contributed by atoms with Gasteiger partial charge in [-0.25, -0.2) is 18.6 Å². The van der Waals surface area contributed by atoms with Crippen molar-refractivity contribution < 1.29 is 32.6 Å². The minimum absolute atomic E-state index is 0.127. The molecule has 2 amide bonds. The quantitative estimate of drug-likeness (QED) is 0.422. The molecule has 0 spiro atoms. The van der Waals surface area contributed by atoms with Crippen molar-refractivity contribution in [2.75, 3.05) is 51.3 Å². The highest BCUT2D eigenvalue weighted by molar-refractivity contribution is 5.98. The van der Waals surface area contributed by atoms with Crippen LogP contribution in [0.5, 0.6) is 5.75 Å². The van der Waals surface area contributed by atoms with Gasteiger partial charge in [-0.3, -0.25) is 9.78 Å². The molecule has 1 atom stereocenters. The maximum Gasteiger partial charge on any atom is 0.410 e. The van der Waals surface area contributed by atoms with Crippen LogP contribution in [-0.4, -0.2) is 78.9 Å². The summed E-state index contributed by atoms with van der Waals surface area (Å²) in [6.45, 7) is 9.96. The Hall–Kier alpha value is -4.06. The van der Waals surface area contributed by atoms with Crippen LogP contribution in [0.1, 0.15) is 49.7 Å². The number of nitrogens with zero attached hydrogens (tertiary/aromatic N) is 4. The number of halogens is 2. The second kappa shape index (κ2) is 12.6. The minimum atomic E-state index is -1.03. The maximum absolute atomic E-state index is 13.8. The zero-order chi connectivity index (χ0) is 29.7. The maximum atomic E-state index is 13.8. The molecule has 1 N–H and O–H groups in total. The lowest BCUT2D eigenvalue weighted by molar-refractivity contribution is 0.0299. The first-order valence-corrected chi connectivity index (χ1v) is 13.4. The molecular formula is C29H35F2N5O5. The lowest BCUT2D eigenvalue weighted by Gasteiger charge is -2.28. The molecule has 10 nitrogen and oxygen atoms in total. The number of aromatic nitrogens is 2. The molecule has 220 valence electrons. The molecule has 0 bridgehead atoms. The first-order chi connectivity index (χ1) is 19.4. The summed E-state index contributed by atoms with van der Waals surface area (Å²) in [6.07, 6.45) is 0.465. The van der Waals surface area contributed by atoms with Gasteiger partial charge in [0.15, 0.2) is 11.6 Å². The summed E-state index contributed by atoms with van der Waals surface area (Å²) in [6, 6.07) is 6.57. The van der Waals surface area contributed by atoms with Crippen molar-refractivity contribution in [1.82, 2.24) is 20.2 Å². The SMILES string of the molecule is CC(Oc1ccc(F)c(F)c1)c1cc(C(=O)NCCN(C)C(=O)OC(C)(C)C)cc2ncc(N3CCOCC3)nc12. The number of rotatable bonds is 8. The molecule has 1 saturated heterocycles. The summed E-state index contributed by atoms with van der Waals surface area (Å²) < 4.78 is 44.0. The van der Waals surface area contributed by atoms with Crippen LogP contribution in [0.4, 0.5) is 19.4 Å². The summed E-state index contributed by atoms with van der Waals surface area (Å²) in [5, 5.41) is 2.81. The van der Waals surface area contributed by atoms with Gasteiger partial charge in [-0.05, 0) is 52.0 Å². The van der Waals surface area contributed by atoms with Crippen molar-refractivity contribution in [2.45, 2.75) is 39.4 Å². The summed E-state index contributed by atoms with van der Waals surface area (Å²) in [4.78, 5) is 38.2. The zero-order valence-corrected chi connectivity index (χ0v) is 23.9. The number of benzene rings is 2. The Balaban J connectivity index is 1.58. The number of anilines is 1. The highest BCUT2D eigenvalue weighted by atomic mass is 19.2. The van der Waals surface area contributed by atoms with Gasteiger partial charge in [0.25, 0.3) is 5.91 Å². The number of carbonyl (C=O) groups excluding carboxylic acids is 2. The fourth-order valence-corrected chi connectivity index (χ4v) is 4.21. The van der Waals surface area contributed by atoms with E-state index in [0.717, 1.165) is 12.1 Å². The van der Waals surface area contributed by atoms with E-state index in [2.05, 4.69) is 15.2 Å². The molecule has 0 saturated carbocycles. The Morgan fingerprint density at radius 3 is 2.56 bits per heavy atom. The number of hydrogen-bond donors (Lipinski definition) is 1. The van der Waals surface area contributed by atoms with Gasteiger partial charge in [0.2, 0.25) is 0 Å². The molecule has 1 aliphatic rings. The molecule has 1 aromatic heterocycles. The smallest absolute Gasteiger partial charge is 0.410 e. The number of hydrogen-bond acceptors (Lipinski definition) is 8. The van der Waals surface area contributed by atoms with E-state index in [4.69, 9.17) is 19.2 Å². The monoisotopic (exact) mass is 571 g/mol. The third-order valence-electron chi connectivity index (χ3n) is 6.34. The van der Waals surface area contributed by atoms with Gasteiger partial charge in [0, 0.05) is 50.4 Å². The number of fused-ring (bicyclic) bond motifs is 1. The average molecular weight is 572 g/mol. The molecule has 12 heteroatoms. The van der Waals surface area contributed by atoms with E-state index in [9.17, 15) is 18.4 Å². The molecular weight excluding hydrogens is 536 g/mol. The molecule has 2 heterocycles. The van der Waals surface area contributed by atoms with Gasteiger partial charge in [-0.15, -0.1) is 0 Å². The molecule has 0 aliphatic carbocycles. The van der Waals surface area contributed by atoms with E-state index < -0.39 is 29.4 Å². The highest BCUT2D eigenvalue weighted by Gasteiger charge is 2.22. The largest absolute Gasteiger partial charge is 0.486 e. The fourth-order valence-electron chi connectivity index (χ4n) is 4.21. The van der Waals surface area contributed by atoms with Crippen LogP contribution in [-0.2, 0) is 9.47 Å². The Bertz CT molecular complexity index is 1410. The lowest BCUT2D eigenvalue weighted by atomic mass is 10.0. The Labute approximate surface area is 237 Å². The van der Waals surface area contributed by atoms with Gasteiger partial charge < -0.3 is 29.3 Å². The molecule has 0 radical (unpaired) electrons. The summed E-state index contributed by atoms with van der Waals surface area (Å²) in [5.74, 6) is -1.61. The first-order valence-electron chi connectivity index (χ1n) is 13.4. The van der Waals surface area contributed by atoms with E-state index in [-0.39, 0.29) is 24.7 Å². The molecule has 1 aliphatic heterocycles. The molecule has 4 rings (SSSR count). The van der Waals surface area contributed by atoms with E-state index in [1.165, 1.54) is 11.0 Å². The van der Waals surface area contributed by atoms with Gasteiger partial charge in [-0.1, -0.05) is 0 Å². The Kier molecular flexibility index (Phi) is 9.21. The first kappa shape index (κ1) is 29.9. The number of nitrogens with one attached hydrogen (secondary N) is 1. The lowest BCUT2D eigenvalue weighted by Crippen LogP contribution is -2.39. The van der Waals surface area contributed by atoms with Crippen LogP contribution in [0.3, 0.4) is 0 Å². The predicted octanol–water partition coefficient (Wildman–Crippen LogP) is 4.48. The molecule has 1 unspecified atom stereocenters. The molecule has 41 heavy (non-hydrogen) atoms. The number of ether oxygens (including phenoxy) is 3. The van der Waals surface area contributed by atoms with E-state index in [1.807, 2.05) is 0 Å². The van der Waals surface area contributed by atoms with Crippen LogP contribution in [0.25, 0.3) is 11.0 Å². The summed E-state index contributed by atoms with van der Waals surface area (Å²) in [7, 11) is 1.59. The standard InChI is InChI=1S/C29H35F2N5O5/c1-18(40-20-6-7-22(30)23(31)16-20)21-14-19(27(37)32-8-9-35(5)28(38)41-29(2,3)4)15-24-26(21)34-25(17-33-24)36-10-12-39-13-11-36/h6-7,14-18H,8-13H2,1-5H3,(H,32,37). The number of likely N-dealkylation sites (N-methyl/N-ethyl adjacent to an activating group) is 1. The molecule has 2 aromatic carbocycles. The predicted molar refractivity (Wildman–Crippen MR) is 149 cm³/mol. The minimum Gasteiger partial charge on any atom is -0.486 e. The number of carbonyl (C=O) groups is 2. The van der Waals surface area contributed by atoms with Gasteiger partial charge in [-0.2, -0.15) is 0 Å². The van der Waals surface area contributed by atoms with Crippen LogP contribution in [0.2, 0.25) is 0 Å². The van der Waals surface area contributed by atoms with E-state index in [1.54, 1.807) is 53.1 Å². The van der Waals surface area contributed by atoms with Gasteiger partial charge >= 0.3 is 6.09 Å². The average Bonchev–Trinajstić information content (AvgIpc) is 2.93. The van der Waals surface area contributed by atoms with Crippen molar-refractivity contribution in [1.29, 1.82) is 0 Å². The van der Waals surface area contributed by atoms with Crippen molar-refractivity contribution in [3.8, 4) is 5.75 Å². The Morgan fingerprint density at radius 2 is 1.88 bits per heavy atom. The van der Waals surface area contributed by atoms with Crippen LogP contribution in [0.15, 0.2) is 36.5 Å². The highest BCUT2D eigenvalue weighted by Crippen LogP contribution is 2.30. The second-order valence-electron chi connectivity index (χ2n) is 10.8. The molecule has 3 aromatic rings. The Morgan fingerprint density at radius 1 is 1.15 bits per heavy atom. The fraction of sp³-hybridized carbons (Fsp3) is 0.448. The third-order valence-corrected chi connectivity index (χ3v) is 6.34. The zero-order valence-electron chi connectivity index (χ0n) is 23.9. The summed E-state index contributed by atoms with van der Waals surface area (Å²) in [5.41, 5.74) is 1.21. The van der Waals surface area contributed by atoms with Crippen molar-refractivity contribution in [3.05, 3.63) is 59.3 Å². The van der Waals surface area contributed by atoms with Crippen molar-refractivity contribution >= 4 is 28.9 Å². The van der Waals surface area contributed by atoms with E-state index in [0.29, 0.717) is 54.3 Å². The topological polar surface area (TPSA) is 106 Å². The van der Waals surface area contributed by atoms with Crippen molar-refractivity contribution in [2.24, 2.45) is 0 Å². The third kappa shape index (κ3) is 7.78. The summed E-state index contributed by atoms with van der Waals surface area (Å²) >= 11 is 0. The van der Waals surface area contributed by atoms with Crippen LogP contribution >= 0.6 is 0 Å². The van der Waals surface area contributed by atoms with Crippen molar-refractivity contribution in [3.63, 3.8) is 0 Å².